The van der Waals surface area contributed by atoms with E-state index in [1.807, 2.05) is 30.3 Å². The molecule has 0 aromatic heterocycles. The van der Waals surface area contributed by atoms with Gasteiger partial charge in [-0.3, -0.25) is 0 Å². The maximum absolute atomic E-state index is 11.9. The summed E-state index contributed by atoms with van der Waals surface area (Å²) in [6, 6.07) is 16.3. The standard InChI is InChI=1S/C20H22O5/c1-20(2,3)25-18(21)14-24-19(22)16-11-9-15(10-12-16)13-23-17-7-5-4-6-8-17/h4-12H,13-14H2,1-3H3. The van der Waals surface area contributed by atoms with E-state index in [0.29, 0.717) is 12.2 Å². The van der Waals surface area contributed by atoms with Crippen LogP contribution >= 0.6 is 0 Å². The number of benzene rings is 2. The Labute approximate surface area is 147 Å². The van der Waals surface area contributed by atoms with Gasteiger partial charge in [-0.2, -0.15) is 0 Å². The van der Waals surface area contributed by atoms with E-state index in [1.165, 1.54) is 0 Å². The third-order valence-corrected chi connectivity index (χ3v) is 3.08. The Morgan fingerprint density at radius 1 is 0.920 bits per heavy atom. The van der Waals surface area contributed by atoms with E-state index < -0.39 is 24.1 Å². The van der Waals surface area contributed by atoms with Crippen molar-refractivity contribution in [3.63, 3.8) is 0 Å². The maximum Gasteiger partial charge on any atom is 0.344 e. The molecule has 25 heavy (non-hydrogen) atoms. The van der Waals surface area contributed by atoms with Crippen molar-refractivity contribution in [1.29, 1.82) is 0 Å². The fraction of sp³-hybridized carbons (Fsp3) is 0.300. The maximum atomic E-state index is 11.9. The van der Waals surface area contributed by atoms with Crippen LogP contribution in [0, 0.1) is 0 Å². The third kappa shape index (κ3) is 6.67. The third-order valence-electron chi connectivity index (χ3n) is 3.08. The lowest BCUT2D eigenvalue weighted by molar-refractivity contribution is -0.158. The largest absolute Gasteiger partial charge is 0.489 e. The zero-order chi connectivity index (χ0) is 18.3. The number of rotatable bonds is 6. The molecule has 2 rings (SSSR count). The Bertz CT molecular complexity index is 699. The monoisotopic (exact) mass is 342 g/mol. The molecular formula is C20H22O5. The van der Waals surface area contributed by atoms with Gasteiger partial charge in [-0.1, -0.05) is 30.3 Å². The molecule has 132 valence electrons. The molecule has 0 aliphatic rings. The molecular weight excluding hydrogens is 320 g/mol. The zero-order valence-corrected chi connectivity index (χ0v) is 14.7. The first-order chi connectivity index (χ1) is 11.8. The van der Waals surface area contributed by atoms with Gasteiger partial charge in [0.25, 0.3) is 0 Å². The first-order valence-corrected chi connectivity index (χ1v) is 7.99. The molecule has 0 aliphatic carbocycles. The first-order valence-electron chi connectivity index (χ1n) is 7.99. The second-order valence-electron chi connectivity index (χ2n) is 6.46. The Hall–Kier alpha value is -2.82. The highest BCUT2D eigenvalue weighted by atomic mass is 16.6. The van der Waals surface area contributed by atoms with Crippen molar-refractivity contribution >= 4 is 11.9 Å². The SMILES string of the molecule is CC(C)(C)OC(=O)COC(=O)c1ccc(COc2ccccc2)cc1. The smallest absolute Gasteiger partial charge is 0.344 e. The summed E-state index contributed by atoms with van der Waals surface area (Å²) >= 11 is 0. The van der Waals surface area contributed by atoms with Gasteiger partial charge in [0.1, 0.15) is 18.0 Å². The summed E-state index contributed by atoms with van der Waals surface area (Å²) in [5.41, 5.74) is 0.684. The van der Waals surface area contributed by atoms with E-state index in [0.717, 1.165) is 11.3 Å². The van der Waals surface area contributed by atoms with Crippen LogP contribution in [0.4, 0.5) is 0 Å². The van der Waals surface area contributed by atoms with E-state index in [-0.39, 0.29) is 0 Å². The van der Waals surface area contributed by atoms with Crippen LogP contribution in [0.3, 0.4) is 0 Å². The molecule has 0 heterocycles. The van der Waals surface area contributed by atoms with Crippen molar-refractivity contribution < 1.29 is 23.8 Å². The summed E-state index contributed by atoms with van der Waals surface area (Å²) in [5, 5.41) is 0. The second-order valence-corrected chi connectivity index (χ2v) is 6.46. The average molecular weight is 342 g/mol. The van der Waals surface area contributed by atoms with Crippen LogP contribution in [0.2, 0.25) is 0 Å². The summed E-state index contributed by atoms with van der Waals surface area (Å²) in [6.07, 6.45) is 0. The quantitative estimate of drug-likeness (QED) is 0.748. The van der Waals surface area contributed by atoms with Crippen LogP contribution in [-0.2, 0) is 20.9 Å². The number of para-hydroxylation sites is 1. The minimum atomic E-state index is -0.607. The van der Waals surface area contributed by atoms with Crippen molar-refractivity contribution in [3.05, 3.63) is 65.7 Å². The fourth-order valence-corrected chi connectivity index (χ4v) is 2.00. The molecule has 0 amide bonds. The molecule has 0 unspecified atom stereocenters. The molecule has 5 nitrogen and oxygen atoms in total. The minimum Gasteiger partial charge on any atom is -0.489 e. The van der Waals surface area contributed by atoms with Crippen molar-refractivity contribution in [1.82, 2.24) is 0 Å². The molecule has 0 saturated heterocycles. The van der Waals surface area contributed by atoms with Gasteiger partial charge in [0, 0.05) is 0 Å². The van der Waals surface area contributed by atoms with Gasteiger partial charge in [-0.25, -0.2) is 9.59 Å². The van der Waals surface area contributed by atoms with E-state index in [4.69, 9.17) is 14.2 Å². The molecule has 0 spiro atoms. The summed E-state index contributed by atoms with van der Waals surface area (Å²) in [7, 11) is 0. The van der Waals surface area contributed by atoms with Crippen molar-refractivity contribution in [2.75, 3.05) is 6.61 Å². The summed E-state index contributed by atoms with van der Waals surface area (Å²) < 4.78 is 15.7. The first kappa shape index (κ1) is 18.5. The van der Waals surface area contributed by atoms with Gasteiger partial charge in [0.05, 0.1) is 5.56 Å². The molecule has 2 aromatic rings. The lowest BCUT2D eigenvalue weighted by Gasteiger charge is -2.19. The molecule has 2 aromatic carbocycles. The van der Waals surface area contributed by atoms with E-state index in [1.54, 1.807) is 45.0 Å². The molecule has 0 atom stereocenters. The molecule has 0 saturated carbocycles. The summed E-state index contributed by atoms with van der Waals surface area (Å²) in [5.74, 6) is -0.363. The predicted molar refractivity (Wildman–Crippen MR) is 93.3 cm³/mol. The minimum absolute atomic E-state index is 0.368. The van der Waals surface area contributed by atoms with Crippen LogP contribution in [0.1, 0.15) is 36.7 Å². The highest BCUT2D eigenvalue weighted by Gasteiger charge is 2.18. The number of carbonyl (C=O) groups excluding carboxylic acids is 2. The highest BCUT2D eigenvalue weighted by molar-refractivity contribution is 5.90. The van der Waals surface area contributed by atoms with Crippen LogP contribution in [0.15, 0.2) is 54.6 Å². The van der Waals surface area contributed by atoms with Crippen molar-refractivity contribution in [2.45, 2.75) is 33.0 Å². The van der Waals surface area contributed by atoms with Gasteiger partial charge in [0.15, 0.2) is 6.61 Å². The molecule has 0 N–H and O–H groups in total. The number of esters is 2. The molecule has 0 aliphatic heterocycles. The van der Waals surface area contributed by atoms with Crippen LogP contribution in [0.25, 0.3) is 0 Å². The van der Waals surface area contributed by atoms with E-state index >= 15 is 0 Å². The van der Waals surface area contributed by atoms with Gasteiger partial charge < -0.3 is 14.2 Å². The summed E-state index contributed by atoms with van der Waals surface area (Å²) in [6.45, 7) is 5.25. The number of carbonyl (C=O) groups is 2. The Morgan fingerprint density at radius 2 is 1.56 bits per heavy atom. The fourth-order valence-electron chi connectivity index (χ4n) is 2.00. The predicted octanol–water partition coefficient (Wildman–Crippen LogP) is 3.76. The average Bonchev–Trinajstić information content (AvgIpc) is 2.58. The van der Waals surface area contributed by atoms with Gasteiger partial charge >= 0.3 is 11.9 Å². The lowest BCUT2D eigenvalue weighted by atomic mass is 10.1. The van der Waals surface area contributed by atoms with Gasteiger partial charge in [-0.15, -0.1) is 0 Å². The summed E-state index contributed by atoms with van der Waals surface area (Å²) in [4.78, 5) is 23.5. The zero-order valence-electron chi connectivity index (χ0n) is 14.7. The van der Waals surface area contributed by atoms with Crippen molar-refractivity contribution in [2.24, 2.45) is 0 Å². The highest BCUT2D eigenvalue weighted by Crippen LogP contribution is 2.13. The van der Waals surface area contributed by atoms with Gasteiger partial charge in [-0.05, 0) is 50.6 Å². The molecule has 0 radical (unpaired) electrons. The lowest BCUT2D eigenvalue weighted by Crippen LogP contribution is -2.27. The second kappa shape index (κ2) is 8.33. The topological polar surface area (TPSA) is 61.8 Å². The van der Waals surface area contributed by atoms with E-state index in [2.05, 4.69) is 0 Å². The van der Waals surface area contributed by atoms with Crippen LogP contribution in [-0.4, -0.2) is 24.1 Å². The van der Waals surface area contributed by atoms with Crippen molar-refractivity contribution in [3.8, 4) is 5.75 Å². The number of hydrogen-bond donors (Lipinski definition) is 0. The Balaban J connectivity index is 1.82. The number of ether oxygens (including phenoxy) is 3. The van der Waals surface area contributed by atoms with E-state index in [9.17, 15) is 9.59 Å². The van der Waals surface area contributed by atoms with Crippen LogP contribution < -0.4 is 4.74 Å². The molecule has 0 bridgehead atoms. The normalized spacial score (nSPS) is 10.8. The van der Waals surface area contributed by atoms with Crippen LogP contribution in [0.5, 0.6) is 5.75 Å². The van der Waals surface area contributed by atoms with Gasteiger partial charge in [0.2, 0.25) is 0 Å². The number of hydrogen-bond acceptors (Lipinski definition) is 5. The molecule has 0 fully saturated rings. The Kier molecular flexibility index (Phi) is 6.17. The Morgan fingerprint density at radius 3 is 2.16 bits per heavy atom. The molecule has 5 heteroatoms.